The van der Waals surface area contributed by atoms with Gasteiger partial charge in [0.25, 0.3) is 0 Å². The Morgan fingerprint density at radius 2 is 0.952 bits per heavy atom. The first-order valence-electron chi connectivity index (χ1n) is 16.2. The second-order valence-corrected chi connectivity index (χ2v) is 17.4. The third-order valence-corrected chi connectivity index (χ3v) is 9.30. The van der Waals surface area contributed by atoms with Crippen LogP contribution in [0.15, 0.2) is 36.4 Å². The fourth-order valence-corrected chi connectivity index (χ4v) is 6.39. The monoisotopic (exact) mass is 598 g/mol. The first-order chi connectivity index (χ1) is 19.1. The summed E-state index contributed by atoms with van der Waals surface area (Å²) in [4.78, 5) is 11.3. The Kier molecular flexibility index (Phi) is 12.5. The van der Waals surface area contributed by atoms with E-state index < -0.39 is 14.2 Å². The Morgan fingerprint density at radius 1 is 0.548 bits per heavy atom. The van der Waals surface area contributed by atoms with E-state index >= 15 is 0 Å². The predicted octanol–water partition coefficient (Wildman–Crippen LogP) is 11.8. The largest absolute Gasteiger partial charge is 0.331 e. The van der Waals surface area contributed by atoms with Gasteiger partial charge >= 0.3 is 8.60 Å². The fraction of sp³-hybridized carbons (Fsp3) is 0.684. The summed E-state index contributed by atoms with van der Waals surface area (Å²) in [7, 11) is -2.10. The van der Waals surface area contributed by atoms with Crippen LogP contribution in [-0.2, 0) is 36.3 Å². The van der Waals surface area contributed by atoms with Gasteiger partial charge in [-0.1, -0.05) is 159 Å². The molecule has 2 aromatic rings. The zero-order chi connectivity index (χ0) is 32.1. The van der Waals surface area contributed by atoms with Crippen LogP contribution in [0, 0.1) is 0 Å². The van der Waals surface area contributed by atoms with Gasteiger partial charge in [-0.2, -0.15) is 0 Å². The molecule has 0 radical (unpaired) electrons. The Bertz CT molecular complexity index is 1060. The van der Waals surface area contributed by atoms with E-state index in [9.17, 15) is 4.89 Å². The lowest BCUT2D eigenvalue weighted by Gasteiger charge is -2.40. The standard InChI is InChI=1S/C38H63O3P/c1-15-16-17-18-19-20-25-40-42(39)41-38(14,30-23-21-28(34(2,3)4)26-32(30)36(8,9)10)31-24-22-29(35(5,6)7)27-33(31)37(11,12)13/h21-24,26-27,39H,15-20,25H2,1-14H3. The van der Waals surface area contributed by atoms with Crippen LogP contribution in [0.25, 0.3) is 0 Å². The molecule has 2 aromatic carbocycles. The van der Waals surface area contributed by atoms with Gasteiger partial charge in [-0.05, 0) is 68.4 Å². The highest BCUT2D eigenvalue weighted by Crippen LogP contribution is 2.51. The number of rotatable bonds is 12. The van der Waals surface area contributed by atoms with Gasteiger partial charge in [0, 0.05) is 0 Å². The lowest BCUT2D eigenvalue weighted by Crippen LogP contribution is -2.34. The number of benzene rings is 2. The molecule has 2 rings (SSSR count). The molecule has 0 saturated carbocycles. The van der Waals surface area contributed by atoms with Crippen molar-refractivity contribution in [2.24, 2.45) is 0 Å². The summed E-state index contributed by atoms with van der Waals surface area (Å²) in [5.74, 6) is 0. The fourth-order valence-electron chi connectivity index (χ4n) is 5.55. The quantitative estimate of drug-likeness (QED) is 0.195. The minimum atomic E-state index is -2.10. The maximum absolute atomic E-state index is 11.3. The van der Waals surface area contributed by atoms with E-state index in [0.29, 0.717) is 6.61 Å². The summed E-state index contributed by atoms with van der Waals surface area (Å²) in [6, 6.07) is 13.7. The van der Waals surface area contributed by atoms with Crippen LogP contribution in [0.4, 0.5) is 0 Å². The van der Waals surface area contributed by atoms with Crippen molar-refractivity contribution in [2.75, 3.05) is 6.61 Å². The van der Waals surface area contributed by atoms with Crippen LogP contribution < -0.4 is 0 Å². The second kappa shape index (κ2) is 14.2. The molecule has 1 N–H and O–H groups in total. The first kappa shape index (κ1) is 36.9. The normalized spacial score (nSPS) is 14.4. The topological polar surface area (TPSA) is 38.7 Å². The Hall–Kier alpha value is -1.25. The third kappa shape index (κ3) is 9.88. The zero-order valence-corrected chi connectivity index (χ0v) is 30.5. The van der Waals surface area contributed by atoms with Crippen molar-refractivity contribution in [1.29, 1.82) is 0 Å². The molecular weight excluding hydrogens is 535 g/mol. The molecule has 0 spiro atoms. The van der Waals surface area contributed by atoms with Crippen LogP contribution in [0.5, 0.6) is 0 Å². The van der Waals surface area contributed by atoms with E-state index in [1.54, 1.807) is 0 Å². The SMILES string of the molecule is CCCCCCCCOP(O)OC(C)(c1ccc(C(C)(C)C)cc1C(C)(C)C)c1ccc(C(C)(C)C)cc1C(C)(C)C. The Balaban J connectivity index is 2.70. The molecule has 4 heteroatoms. The van der Waals surface area contributed by atoms with Crippen molar-refractivity contribution in [3.63, 3.8) is 0 Å². The zero-order valence-electron chi connectivity index (χ0n) is 29.6. The highest BCUT2D eigenvalue weighted by atomic mass is 31.2. The lowest BCUT2D eigenvalue weighted by molar-refractivity contribution is 0.0885. The average Bonchev–Trinajstić information content (AvgIpc) is 2.85. The number of unbranched alkanes of at least 4 members (excludes halogenated alkanes) is 5. The highest BCUT2D eigenvalue weighted by Gasteiger charge is 2.41. The van der Waals surface area contributed by atoms with E-state index in [4.69, 9.17) is 9.05 Å². The van der Waals surface area contributed by atoms with Gasteiger partial charge in [-0.15, -0.1) is 0 Å². The van der Waals surface area contributed by atoms with Crippen LogP contribution in [0.2, 0.25) is 0 Å². The van der Waals surface area contributed by atoms with E-state index in [1.807, 2.05) is 0 Å². The maximum Gasteiger partial charge on any atom is 0.331 e. The molecule has 0 bridgehead atoms. The number of hydrogen-bond acceptors (Lipinski definition) is 3. The Labute approximate surface area is 261 Å². The minimum Gasteiger partial charge on any atom is -0.328 e. The summed E-state index contributed by atoms with van der Waals surface area (Å²) >= 11 is 0. The van der Waals surface area contributed by atoms with E-state index in [-0.39, 0.29) is 21.7 Å². The molecule has 0 aromatic heterocycles. The maximum atomic E-state index is 11.3. The van der Waals surface area contributed by atoms with Gasteiger partial charge in [0.1, 0.15) is 5.60 Å². The molecule has 0 aliphatic rings. The molecule has 1 atom stereocenters. The van der Waals surface area contributed by atoms with Crippen molar-refractivity contribution < 1.29 is 13.9 Å². The van der Waals surface area contributed by atoms with Crippen LogP contribution in [-0.4, -0.2) is 11.5 Å². The predicted molar refractivity (Wildman–Crippen MR) is 184 cm³/mol. The molecule has 0 aliphatic carbocycles. The van der Waals surface area contributed by atoms with Crippen LogP contribution >= 0.6 is 8.60 Å². The molecule has 0 saturated heterocycles. The first-order valence-corrected chi connectivity index (χ1v) is 17.4. The molecule has 0 aliphatic heterocycles. The average molecular weight is 599 g/mol. The van der Waals surface area contributed by atoms with E-state index in [1.165, 1.54) is 47.9 Å². The van der Waals surface area contributed by atoms with Gasteiger partial charge in [-0.3, -0.25) is 4.52 Å². The van der Waals surface area contributed by atoms with Crippen LogP contribution in [0.3, 0.4) is 0 Å². The molecule has 3 nitrogen and oxygen atoms in total. The summed E-state index contributed by atoms with van der Waals surface area (Å²) in [6.45, 7) is 32.0. The van der Waals surface area contributed by atoms with Gasteiger partial charge in [-0.25, -0.2) is 0 Å². The molecule has 42 heavy (non-hydrogen) atoms. The smallest absolute Gasteiger partial charge is 0.328 e. The molecule has 0 amide bonds. The van der Waals surface area contributed by atoms with Gasteiger partial charge in [0.05, 0.1) is 6.61 Å². The molecular formula is C38H63O3P. The van der Waals surface area contributed by atoms with Gasteiger partial charge in [0.15, 0.2) is 0 Å². The Morgan fingerprint density at radius 3 is 1.33 bits per heavy atom. The number of hydrogen-bond donors (Lipinski definition) is 1. The molecule has 238 valence electrons. The van der Waals surface area contributed by atoms with Crippen molar-refractivity contribution in [3.8, 4) is 0 Å². The van der Waals surface area contributed by atoms with Crippen molar-refractivity contribution in [1.82, 2.24) is 0 Å². The molecule has 0 heterocycles. The van der Waals surface area contributed by atoms with Crippen molar-refractivity contribution >= 4 is 8.60 Å². The van der Waals surface area contributed by atoms with Crippen molar-refractivity contribution in [3.05, 3.63) is 69.8 Å². The molecule has 1 unspecified atom stereocenters. The minimum absolute atomic E-state index is 0.0184. The summed E-state index contributed by atoms with van der Waals surface area (Å²) in [5, 5.41) is 0. The lowest BCUT2D eigenvalue weighted by atomic mass is 9.70. The van der Waals surface area contributed by atoms with Gasteiger partial charge < -0.3 is 9.42 Å². The van der Waals surface area contributed by atoms with Gasteiger partial charge in [0.2, 0.25) is 0 Å². The summed E-state index contributed by atoms with van der Waals surface area (Å²) in [5.41, 5.74) is 6.08. The molecule has 0 fully saturated rings. The van der Waals surface area contributed by atoms with Crippen molar-refractivity contribution in [2.45, 2.75) is 163 Å². The summed E-state index contributed by atoms with van der Waals surface area (Å²) in [6.07, 6.45) is 7.05. The highest BCUT2D eigenvalue weighted by molar-refractivity contribution is 7.40. The van der Waals surface area contributed by atoms with E-state index in [2.05, 4.69) is 133 Å². The van der Waals surface area contributed by atoms with Crippen LogP contribution in [0.1, 0.15) is 169 Å². The van der Waals surface area contributed by atoms with E-state index in [0.717, 1.165) is 24.0 Å². The third-order valence-electron chi connectivity index (χ3n) is 8.38. The second-order valence-electron chi connectivity index (χ2n) is 16.5. The summed E-state index contributed by atoms with van der Waals surface area (Å²) < 4.78 is 12.8.